The number of amides is 2. The van der Waals surface area contributed by atoms with Crippen LogP contribution < -0.4 is 5.32 Å². The molecule has 2 amide bonds. The second-order valence-electron chi connectivity index (χ2n) is 3.65. The van der Waals surface area contributed by atoms with Gasteiger partial charge in [0, 0.05) is 10.5 Å². The minimum atomic E-state index is -1.18. The Morgan fingerprint density at radius 2 is 2.06 bits per heavy atom. The number of hydrogen-bond acceptors (Lipinski definition) is 5. The number of rotatable bonds is 2. The molecule has 0 radical (unpaired) electrons. The van der Waals surface area contributed by atoms with Crippen LogP contribution in [0.5, 0.6) is 0 Å². The van der Waals surface area contributed by atoms with Crippen LogP contribution in [0, 0.1) is 0 Å². The summed E-state index contributed by atoms with van der Waals surface area (Å²) in [5.74, 6) is -1.10. The van der Waals surface area contributed by atoms with E-state index in [1.807, 2.05) is 22.6 Å². The molecule has 0 aromatic rings. The first-order chi connectivity index (χ1) is 7.54. The third-order valence-electron chi connectivity index (χ3n) is 2.61. The van der Waals surface area contributed by atoms with Gasteiger partial charge in [0.2, 0.25) is 0 Å². The highest BCUT2D eigenvalue weighted by Gasteiger charge is 2.46. The maximum Gasteiger partial charge on any atom is 0.256 e. The molecule has 0 aromatic carbocycles. The highest BCUT2D eigenvalue weighted by molar-refractivity contribution is 14.1. The van der Waals surface area contributed by atoms with Gasteiger partial charge in [0.1, 0.15) is 18.3 Å². The van der Waals surface area contributed by atoms with E-state index in [4.69, 9.17) is 4.74 Å². The van der Waals surface area contributed by atoms with Gasteiger partial charge in [0.15, 0.2) is 0 Å². The number of nitrogens with one attached hydrogen (secondary N) is 1. The number of halogens is 1. The van der Waals surface area contributed by atoms with Crippen LogP contribution in [-0.4, -0.2) is 50.9 Å². The molecule has 0 aliphatic carbocycles. The smallest absolute Gasteiger partial charge is 0.256 e. The summed E-state index contributed by atoms with van der Waals surface area (Å²) in [6.45, 7) is 0. The molecule has 2 heterocycles. The molecule has 0 aromatic heterocycles. The quantitative estimate of drug-likeness (QED) is 0.323. The Morgan fingerprint density at radius 3 is 2.50 bits per heavy atom. The molecule has 6 nitrogen and oxygen atoms in total. The van der Waals surface area contributed by atoms with Crippen molar-refractivity contribution in [3.05, 3.63) is 11.6 Å². The first kappa shape index (κ1) is 12.0. The number of aliphatic hydroxyl groups excluding tert-OH is 2. The van der Waals surface area contributed by atoms with Crippen molar-refractivity contribution in [2.45, 2.75) is 24.4 Å². The van der Waals surface area contributed by atoms with Gasteiger partial charge in [-0.05, 0) is 0 Å². The number of alkyl halides is 1. The molecule has 88 valence electrons. The summed E-state index contributed by atoms with van der Waals surface area (Å²) < 4.78 is 5.84. The first-order valence-corrected chi connectivity index (χ1v) is 6.21. The average molecular weight is 339 g/mol. The molecule has 2 aliphatic heterocycles. The zero-order valence-corrected chi connectivity index (χ0v) is 10.2. The molecule has 1 fully saturated rings. The number of hydrogen-bond donors (Lipinski definition) is 3. The standard InChI is InChI=1S/C9H10INO5/c10-2-4-6(13)7(14)8(16-4)3-1-5(12)11-9(3)15/h1,4,6-8,13-14H,2H2,(H,11,12,15)/t4-,6+,7+,8+/m0/s1. The second kappa shape index (κ2) is 4.40. The van der Waals surface area contributed by atoms with E-state index in [9.17, 15) is 19.8 Å². The molecule has 0 bridgehead atoms. The van der Waals surface area contributed by atoms with Gasteiger partial charge in [-0.15, -0.1) is 0 Å². The molecule has 2 rings (SSSR count). The topological polar surface area (TPSA) is 95.9 Å². The molecule has 7 heteroatoms. The fraction of sp³-hybridized carbons (Fsp3) is 0.556. The lowest BCUT2D eigenvalue weighted by atomic mass is 10.0. The predicted molar refractivity (Wildman–Crippen MR) is 60.8 cm³/mol. The van der Waals surface area contributed by atoms with Crippen molar-refractivity contribution in [2.75, 3.05) is 4.43 Å². The molecule has 0 unspecified atom stereocenters. The van der Waals surface area contributed by atoms with Crippen LogP contribution in [0.1, 0.15) is 0 Å². The van der Waals surface area contributed by atoms with Crippen LogP contribution >= 0.6 is 22.6 Å². The van der Waals surface area contributed by atoms with E-state index in [0.29, 0.717) is 4.43 Å². The van der Waals surface area contributed by atoms with E-state index < -0.39 is 36.2 Å². The number of ether oxygens (including phenoxy) is 1. The monoisotopic (exact) mass is 339 g/mol. The molecular weight excluding hydrogens is 329 g/mol. The predicted octanol–water partition coefficient (Wildman–Crippen LogP) is -1.51. The van der Waals surface area contributed by atoms with Crippen LogP contribution in [0.25, 0.3) is 0 Å². The van der Waals surface area contributed by atoms with Gasteiger partial charge in [0.05, 0.1) is 11.7 Å². The zero-order chi connectivity index (χ0) is 11.9. The highest BCUT2D eigenvalue weighted by Crippen LogP contribution is 2.28. The van der Waals surface area contributed by atoms with Gasteiger partial charge < -0.3 is 14.9 Å². The van der Waals surface area contributed by atoms with Gasteiger partial charge >= 0.3 is 0 Å². The Kier molecular flexibility index (Phi) is 3.29. The summed E-state index contributed by atoms with van der Waals surface area (Å²) in [6.07, 6.45) is -2.57. The van der Waals surface area contributed by atoms with Crippen molar-refractivity contribution >= 4 is 34.4 Å². The van der Waals surface area contributed by atoms with Gasteiger partial charge in [-0.25, -0.2) is 0 Å². The molecule has 0 saturated carbocycles. The van der Waals surface area contributed by atoms with Crippen LogP contribution in [0.15, 0.2) is 11.6 Å². The van der Waals surface area contributed by atoms with E-state index in [1.165, 1.54) is 0 Å². The normalized spacial score (nSPS) is 38.8. The van der Waals surface area contributed by atoms with E-state index in [0.717, 1.165) is 6.08 Å². The van der Waals surface area contributed by atoms with Crippen molar-refractivity contribution in [1.29, 1.82) is 0 Å². The molecular formula is C9H10INO5. The summed E-state index contributed by atoms with van der Waals surface area (Å²) in [5.41, 5.74) is 0.0731. The van der Waals surface area contributed by atoms with Crippen molar-refractivity contribution in [2.24, 2.45) is 0 Å². The van der Waals surface area contributed by atoms with E-state index in [1.54, 1.807) is 0 Å². The van der Waals surface area contributed by atoms with Crippen molar-refractivity contribution < 1.29 is 24.5 Å². The van der Waals surface area contributed by atoms with Crippen molar-refractivity contribution in [1.82, 2.24) is 5.32 Å². The molecule has 1 saturated heterocycles. The summed E-state index contributed by atoms with van der Waals surface area (Å²) in [6, 6.07) is 0. The number of imide groups is 1. The first-order valence-electron chi connectivity index (χ1n) is 4.69. The van der Waals surface area contributed by atoms with E-state index in [-0.39, 0.29) is 5.57 Å². The van der Waals surface area contributed by atoms with E-state index >= 15 is 0 Å². The van der Waals surface area contributed by atoms with Crippen molar-refractivity contribution in [3.63, 3.8) is 0 Å². The third-order valence-corrected chi connectivity index (χ3v) is 3.47. The maximum absolute atomic E-state index is 11.3. The van der Waals surface area contributed by atoms with Crippen molar-refractivity contribution in [3.8, 4) is 0 Å². The lowest BCUT2D eigenvalue weighted by Crippen LogP contribution is -2.35. The lowest BCUT2D eigenvalue weighted by Gasteiger charge is -2.13. The number of aliphatic hydroxyl groups is 2. The maximum atomic E-state index is 11.3. The van der Waals surface area contributed by atoms with Gasteiger partial charge in [-0.3, -0.25) is 14.9 Å². The third kappa shape index (κ3) is 1.88. The zero-order valence-electron chi connectivity index (χ0n) is 8.09. The fourth-order valence-electron chi connectivity index (χ4n) is 1.77. The summed E-state index contributed by atoms with van der Waals surface area (Å²) >= 11 is 2.01. The minimum Gasteiger partial charge on any atom is -0.388 e. The van der Waals surface area contributed by atoms with Gasteiger partial charge in [-0.1, -0.05) is 22.6 Å². The Balaban J connectivity index is 2.20. The van der Waals surface area contributed by atoms with Gasteiger partial charge in [-0.2, -0.15) is 0 Å². The number of carbonyl (C=O) groups excluding carboxylic acids is 2. The Labute approximate surface area is 105 Å². The summed E-state index contributed by atoms with van der Waals surface area (Å²) in [4.78, 5) is 22.3. The Hall–Kier alpha value is -0.510. The molecule has 16 heavy (non-hydrogen) atoms. The van der Waals surface area contributed by atoms with Gasteiger partial charge in [0.25, 0.3) is 11.8 Å². The SMILES string of the molecule is O=C1C=C([C@H]2O[C@@H](CI)[C@@H](O)[C@H]2O)C(=O)N1. The largest absolute Gasteiger partial charge is 0.388 e. The van der Waals surface area contributed by atoms with Crippen LogP contribution in [-0.2, 0) is 14.3 Å². The summed E-state index contributed by atoms with van der Waals surface area (Å²) in [5, 5.41) is 21.4. The minimum absolute atomic E-state index is 0.0731. The Bertz CT molecular complexity index is 369. The number of carbonyl (C=O) groups is 2. The molecule has 2 aliphatic rings. The second-order valence-corrected chi connectivity index (χ2v) is 4.53. The average Bonchev–Trinajstić information content (AvgIpc) is 2.70. The Morgan fingerprint density at radius 1 is 1.38 bits per heavy atom. The van der Waals surface area contributed by atoms with Crippen LogP contribution in [0.2, 0.25) is 0 Å². The fourth-order valence-corrected chi connectivity index (χ4v) is 2.50. The van der Waals surface area contributed by atoms with Crippen LogP contribution in [0.4, 0.5) is 0 Å². The molecule has 4 atom stereocenters. The summed E-state index contributed by atoms with van der Waals surface area (Å²) in [7, 11) is 0. The van der Waals surface area contributed by atoms with E-state index in [2.05, 4.69) is 5.32 Å². The highest BCUT2D eigenvalue weighted by atomic mass is 127. The molecule has 0 spiro atoms. The van der Waals surface area contributed by atoms with Crippen LogP contribution in [0.3, 0.4) is 0 Å². The molecule has 3 N–H and O–H groups in total. The lowest BCUT2D eigenvalue weighted by molar-refractivity contribution is -0.124.